The fourth-order valence-corrected chi connectivity index (χ4v) is 2.54. The second-order valence-corrected chi connectivity index (χ2v) is 5.79. The number of ether oxygens (including phenoxy) is 1. The van der Waals surface area contributed by atoms with Gasteiger partial charge in [-0.05, 0) is 35.2 Å². The van der Waals surface area contributed by atoms with Crippen molar-refractivity contribution in [1.82, 2.24) is 9.78 Å². The first-order chi connectivity index (χ1) is 11.7. The molecule has 0 spiro atoms. The Kier molecular flexibility index (Phi) is 5.06. The van der Waals surface area contributed by atoms with E-state index in [2.05, 4.69) is 5.10 Å². The number of nitrogens with zero attached hydrogens (tertiary/aromatic N) is 2. The summed E-state index contributed by atoms with van der Waals surface area (Å²) in [6, 6.07) is 19.7. The predicted molar refractivity (Wildman–Crippen MR) is 92.8 cm³/mol. The Morgan fingerprint density at radius 2 is 1.83 bits per heavy atom. The molecule has 4 nitrogen and oxygen atoms in total. The maximum Gasteiger partial charge on any atom is 0.306 e. The van der Waals surface area contributed by atoms with Gasteiger partial charge < -0.3 is 4.74 Å². The van der Waals surface area contributed by atoms with Crippen LogP contribution in [0.4, 0.5) is 0 Å². The first-order valence-electron chi connectivity index (χ1n) is 8.02. The Hall–Kier alpha value is -2.88. The Balaban J connectivity index is 1.51. The van der Waals surface area contributed by atoms with Gasteiger partial charge in [0.25, 0.3) is 0 Å². The molecule has 4 heteroatoms. The highest BCUT2D eigenvalue weighted by molar-refractivity contribution is 5.70. The minimum absolute atomic E-state index is 0.154. The zero-order valence-electron chi connectivity index (χ0n) is 13.6. The van der Waals surface area contributed by atoms with Crippen LogP contribution in [0.5, 0.6) is 0 Å². The summed E-state index contributed by atoms with van der Waals surface area (Å²) in [5.74, 6) is -0.0246. The van der Waals surface area contributed by atoms with Gasteiger partial charge in [0.15, 0.2) is 0 Å². The number of aromatic nitrogens is 2. The second-order valence-electron chi connectivity index (χ2n) is 5.79. The van der Waals surface area contributed by atoms with Gasteiger partial charge in [-0.15, -0.1) is 0 Å². The molecule has 3 aromatic rings. The van der Waals surface area contributed by atoms with E-state index in [9.17, 15) is 4.79 Å². The first-order valence-corrected chi connectivity index (χ1v) is 8.02. The van der Waals surface area contributed by atoms with Crippen molar-refractivity contribution >= 4 is 5.97 Å². The topological polar surface area (TPSA) is 44.1 Å². The van der Waals surface area contributed by atoms with Gasteiger partial charge in [0.2, 0.25) is 0 Å². The maximum atomic E-state index is 12.0. The van der Waals surface area contributed by atoms with Crippen LogP contribution in [0.2, 0.25) is 0 Å². The molecule has 24 heavy (non-hydrogen) atoms. The van der Waals surface area contributed by atoms with Crippen molar-refractivity contribution in [3.8, 4) is 5.69 Å². The maximum absolute atomic E-state index is 12.0. The van der Waals surface area contributed by atoms with Gasteiger partial charge in [0.05, 0.1) is 12.1 Å². The Morgan fingerprint density at radius 3 is 2.50 bits per heavy atom. The minimum atomic E-state index is -0.178. The van der Waals surface area contributed by atoms with Crippen molar-refractivity contribution in [2.24, 2.45) is 0 Å². The van der Waals surface area contributed by atoms with Gasteiger partial charge in [-0.3, -0.25) is 4.79 Å². The van der Waals surface area contributed by atoms with Crippen LogP contribution < -0.4 is 0 Å². The van der Waals surface area contributed by atoms with Gasteiger partial charge in [-0.25, -0.2) is 4.68 Å². The molecule has 0 N–H and O–H groups in total. The van der Waals surface area contributed by atoms with Crippen LogP contribution in [0, 0.1) is 0 Å². The third kappa shape index (κ3) is 4.10. The molecule has 0 aliphatic carbocycles. The average Bonchev–Trinajstić information content (AvgIpc) is 3.16. The molecule has 1 atom stereocenters. The molecular weight excluding hydrogens is 300 g/mol. The molecule has 0 saturated carbocycles. The molecule has 3 rings (SSSR count). The van der Waals surface area contributed by atoms with E-state index < -0.39 is 0 Å². The highest BCUT2D eigenvalue weighted by atomic mass is 16.5. The van der Waals surface area contributed by atoms with E-state index in [1.807, 2.05) is 73.8 Å². The quantitative estimate of drug-likeness (QED) is 0.642. The van der Waals surface area contributed by atoms with Crippen molar-refractivity contribution in [2.75, 3.05) is 0 Å². The number of esters is 1. The summed E-state index contributed by atoms with van der Waals surface area (Å²) >= 11 is 0. The van der Waals surface area contributed by atoms with E-state index >= 15 is 0 Å². The van der Waals surface area contributed by atoms with Gasteiger partial charge in [0.1, 0.15) is 6.61 Å². The monoisotopic (exact) mass is 320 g/mol. The average molecular weight is 320 g/mol. The largest absolute Gasteiger partial charge is 0.461 e. The molecule has 0 saturated heterocycles. The van der Waals surface area contributed by atoms with Gasteiger partial charge in [-0.1, -0.05) is 49.4 Å². The molecule has 1 aromatic heterocycles. The third-order valence-corrected chi connectivity index (χ3v) is 3.95. The van der Waals surface area contributed by atoms with Crippen LogP contribution in [0.1, 0.15) is 30.4 Å². The van der Waals surface area contributed by atoms with Crippen molar-refractivity contribution < 1.29 is 9.53 Å². The van der Waals surface area contributed by atoms with Crippen molar-refractivity contribution in [1.29, 1.82) is 0 Å². The van der Waals surface area contributed by atoms with Crippen molar-refractivity contribution in [3.63, 3.8) is 0 Å². The third-order valence-electron chi connectivity index (χ3n) is 3.95. The van der Waals surface area contributed by atoms with E-state index in [0.717, 1.165) is 16.8 Å². The molecule has 1 unspecified atom stereocenters. The predicted octanol–water partition coefficient (Wildman–Crippen LogP) is 4.11. The van der Waals surface area contributed by atoms with Crippen molar-refractivity contribution in [2.45, 2.75) is 25.9 Å². The van der Waals surface area contributed by atoms with Crippen LogP contribution in [0.15, 0.2) is 73.1 Å². The Bertz CT molecular complexity index is 765. The van der Waals surface area contributed by atoms with E-state index in [1.165, 1.54) is 0 Å². The molecule has 0 fully saturated rings. The zero-order valence-corrected chi connectivity index (χ0v) is 13.6. The highest BCUT2D eigenvalue weighted by Crippen LogP contribution is 2.19. The Labute approximate surface area is 141 Å². The summed E-state index contributed by atoms with van der Waals surface area (Å²) in [7, 11) is 0. The zero-order chi connectivity index (χ0) is 16.8. The van der Waals surface area contributed by atoms with Gasteiger partial charge >= 0.3 is 5.97 Å². The van der Waals surface area contributed by atoms with Crippen LogP contribution in [-0.4, -0.2) is 15.7 Å². The first kappa shape index (κ1) is 16.0. The van der Waals surface area contributed by atoms with Gasteiger partial charge in [-0.2, -0.15) is 5.10 Å². The number of hydrogen-bond donors (Lipinski definition) is 0. The highest BCUT2D eigenvalue weighted by Gasteiger charge is 2.12. The summed E-state index contributed by atoms with van der Waals surface area (Å²) in [6.07, 6.45) is 4.01. The number of carbonyl (C=O) groups is 1. The van der Waals surface area contributed by atoms with E-state index in [4.69, 9.17) is 4.74 Å². The van der Waals surface area contributed by atoms with Crippen LogP contribution in [0.25, 0.3) is 5.69 Å². The van der Waals surface area contributed by atoms with E-state index in [1.54, 1.807) is 10.9 Å². The molecule has 122 valence electrons. The summed E-state index contributed by atoms with van der Waals surface area (Å²) in [5.41, 5.74) is 3.09. The van der Waals surface area contributed by atoms with E-state index in [-0.39, 0.29) is 11.9 Å². The van der Waals surface area contributed by atoms with Crippen LogP contribution in [0.3, 0.4) is 0 Å². The molecule has 0 amide bonds. The number of hydrogen-bond acceptors (Lipinski definition) is 3. The van der Waals surface area contributed by atoms with Crippen LogP contribution >= 0.6 is 0 Å². The lowest BCUT2D eigenvalue weighted by Gasteiger charge is -2.11. The van der Waals surface area contributed by atoms with Gasteiger partial charge in [0, 0.05) is 12.4 Å². The molecule has 1 heterocycles. The summed E-state index contributed by atoms with van der Waals surface area (Å²) in [4.78, 5) is 12.0. The lowest BCUT2D eigenvalue weighted by Crippen LogP contribution is -2.08. The molecule has 0 radical (unpaired) electrons. The molecule has 0 aliphatic rings. The normalized spacial score (nSPS) is 11.9. The summed E-state index contributed by atoms with van der Waals surface area (Å²) in [5, 5.41) is 4.18. The fraction of sp³-hybridized carbons (Fsp3) is 0.200. The molecular formula is C20H20N2O2. The van der Waals surface area contributed by atoms with Crippen LogP contribution in [-0.2, 0) is 16.1 Å². The lowest BCUT2D eigenvalue weighted by molar-refractivity contribution is -0.145. The number of benzene rings is 2. The van der Waals surface area contributed by atoms with E-state index in [0.29, 0.717) is 13.0 Å². The molecule has 2 aromatic carbocycles. The minimum Gasteiger partial charge on any atom is -0.461 e. The SMILES string of the molecule is CC(CC(=O)OCc1ccc(-n2cccn2)cc1)c1ccccc1. The molecule has 0 aliphatic heterocycles. The number of carbonyl (C=O) groups excluding carboxylic acids is 1. The van der Waals surface area contributed by atoms with Crippen molar-refractivity contribution in [3.05, 3.63) is 84.2 Å². The smallest absolute Gasteiger partial charge is 0.306 e. The lowest BCUT2D eigenvalue weighted by atomic mass is 9.98. The Morgan fingerprint density at radius 1 is 1.08 bits per heavy atom. The fourth-order valence-electron chi connectivity index (χ4n) is 2.54. The summed E-state index contributed by atoms with van der Waals surface area (Å²) < 4.78 is 7.18. The standard InChI is InChI=1S/C20H20N2O2/c1-16(18-6-3-2-4-7-18)14-20(23)24-15-17-8-10-19(11-9-17)22-13-5-12-21-22/h2-13,16H,14-15H2,1H3. The number of rotatable bonds is 6. The summed E-state index contributed by atoms with van der Waals surface area (Å²) in [6.45, 7) is 2.33. The second kappa shape index (κ2) is 7.59. The molecule has 0 bridgehead atoms.